The van der Waals surface area contributed by atoms with E-state index in [4.69, 9.17) is 5.11 Å². The molecule has 2 aromatic rings. The number of aromatic amines is 1. The third kappa shape index (κ3) is 2.56. The van der Waals surface area contributed by atoms with Gasteiger partial charge in [-0.15, -0.1) is 0 Å². The maximum Gasteiger partial charge on any atom is 0.306 e. The number of hydrogen-bond donors (Lipinski definition) is 2. The molecule has 3 rings (SSSR count). The summed E-state index contributed by atoms with van der Waals surface area (Å²) in [4.78, 5) is 16.7. The van der Waals surface area contributed by atoms with Crippen LogP contribution in [0.1, 0.15) is 25.0 Å². The Kier molecular flexibility index (Phi) is 3.72. The van der Waals surface area contributed by atoms with Crippen LogP contribution in [0.25, 0.3) is 10.9 Å². The van der Waals surface area contributed by atoms with Crippen LogP contribution >= 0.6 is 0 Å². The van der Waals surface area contributed by atoms with Crippen LogP contribution < -0.4 is 0 Å². The minimum atomic E-state index is -0.681. The number of aryl methyl sites for hydroxylation is 1. The van der Waals surface area contributed by atoms with Crippen molar-refractivity contribution < 1.29 is 9.90 Å². The molecule has 1 aromatic carbocycles. The molecule has 0 radical (unpaired) electrons. The third-order valence-electron chi connectivity index (χ3n) is 4.74. The lowest BCUT2D eigenvalue weighted by atomic mass is 9.87. The highest BCUT2D eigenvalue weighted by Gasteiger charge is 2.34. The Morgan fingerprint density at radius 2 is 2.19 bits per heavy atom. The van der Waals surface area contributed by atoms with Crippen LogP contribution in [0.3, 0.4) is 0 Å². The van der Waals surface area contributed by atoms with E-state index in [0.717, 1.165) is 26.1 Å². The highest BCUT2D eigenvalue weighted by molar-refractivity contribution is 5.86. The Labute approximate surface area is 124 Å². The van der Waals surface area contributed by atoms with Crippen molar-refractivity contribution in [2.45, 2.75) is 26.8 Å². The molecule has 1 fully saturated rings. The number of hydrogen-bond acceptors (Lipinski definition) is 2. The van der Waals surface area contributed by atoms with Crippen molar-refractivity contribution in [2.75, 3.05) is 13.1 Å². The zero-order chi connectivity index (χ0) is 15.0. The van der Waals surface area contributed by atoms with Crippen molar-refractivity contribution in [3.05, 3.63) is 35.5 Å². The molecule has 4 nitrogen and oxygen atoms in total. The molecule has 112 valence electrons. The van der Waals surface area contributed by atoms with Gasteiger partial charge in [0, 0.05) is 36.7 Å². The quantitative estimate of drug-likeness (QED) is 0.888. The Bertz CT molecular complexity index is 656. The summed E-state index contributed by atoms with van der Waals surface area (Å²) in [5, 5.41) is 10.3. The minimum Gasteiger partial charge on any atom is -0.481 e. The predicted octanol–water partition coefficient (Wildman–Crippen LogP) is 2.88. The van der Waals surface area contributed by atoms with Crippen LogP contribution in [0.5, 0.6) is 0 Å². The van der Waals surface area contributed by atoms with Crippen molar-refractivity contribution in [1.82, 2.24) is 9.88 Å². The van der Waals surface area contributed by atoms with Crippen molar-refractivity contribution in [3.8, 4) is 0 Å². The van der Waals surface area contributed by atoms with Gasteiger partial charge in [-0.05, 0) is 23.5 Å². The summed E-state index contributed by atoms with van der Waals surface area (Å²) in [5.41, 5.74) is 3.90. The van der Waals surface area contributed by atoms with E-state index in [2.05, 4.69) is 41.2 Å². The summed E-state index contributed by atoms with van der Waals surface area (Å²) >= 11 is 0. The fourth-order valence-electron chi connectivity index (χ4n) is 3.20. The summed E-state index contributed by atoms with van der Waals surface area (Å²) in [5.74, 6) is -0.630. The lowest BCUT2D eigenvalue weighted by Crippen LogP contribution is -2.50. The highest BCUT2D eigenvalue weighted by Crippen LogP contribution is 2.28. The lowest BCUT2D eigenvalue weighted by molar-refractivity contribution is -0.145. The molecule has 1 unspecified atom stereocenters. The molecule has 0 bridgehead atoms. The molecule has 4 heteroatoms. The summed E-state index contributed by atoms with van der Waals surface area (Å²) < 4.78 is 0. The summed E-state index contributed by atoms with van der Waals surface area (Å²) in [6, 6.07) is 6.44. The minimum absolute atomic E-state index is 0.240. The molecular weight excluding hydrogens is 264 g/mol. The maximum atomic E-state index is 11.0. The standard InChI is InChI=1S/C17H22N2O2/c1-3-12-5-4-6-15-13(7-18-16(12)15)8-19-9-14(10-19)11(2)17(20)21/h4-7,11,14,18H,3,8-10H2,1-2H3,(H,20,21). The molecule has 0 amide bonds. The third-order valence-corrected chi connectivity index (χ3v) is 4.74. The molecule has 1 aromatic heterocycles. The molecule has 1 aliphatic rings. The SMILES string of the molecule is CCc1cccc2c(CN3CC(C(C)C(=O)O)C3)c[nH]c12. The van der Waals surface area contributed by atoms with Crippen LogP contribution in [-0.2, 0) is 17.8 Å². The van der Waals surface area contributed by atoms with Gasteiger partial charge in [-0.3, -0.25) is 9.69 Å². The number of likely N-dealkylation sites (tertiary alicyclic amines) is 1. The largest absolute Gasteiger partial charge is 0.481 e. The Morgan fingerprint density at radius 3 is 2.86 bits per heavy atom. The first-order valence-corrected chi connectivity index (χ1v) is 7.63. The predicted molar refractivity (Wildman–Crippen MR) is 83.2 cm³/mol. The Hall–Kier alpha value is -1.81. The first-order chi connectivity index (χ1) is 10.1. The number of carboxylic acid groups (broad SMARTS) is 1. The molecule has 1 atom stereocenters. The molecule has 2 heterocycles. The smallest absolute Gasteiger partial charge is 0.306 e. The highest BCUT2D eigenvalue weighted by atomic mass is 16.4. The molecule has 21 heavy (non-hydrogen) atoms. The van der Waals surface area contributed by atoms with Gasteiger partial charge in [0.25, 0.3) is 0 Å². The van der Waals surface area contributed by atoms with Crippen molar-refractivity contribution in [3.63, 3.8) is 0 Å². The second-order valence-electron chi connectivity index (χ2n) is 6.09. The number of carbonyl (C=O) groups is 1. The van der Waals surface area contributed by atoms with Crippen LogP contribution in [0.15, 0.2) is 24.4 Å². The van der Waals surface area contributed by atoms with E-state index >= 15 is 0 Å². The van der Waals surface area contributed by atoms with Gasteiger partial charge in [-0.25, -0.2) is 0 Å². The zero-order valence-electron chi connectivity index (χ0n) is 12.6. The number of aliphatic carboxylic acids is 1. The lowest BCUT2D eigenvalue weighted by Gasteiger charge is -2.41. The van der Waals surface area contributed by atoms with E-state index in [1.807, 2.05) is 6.92 Å². The van der Waals surface area contributed by atoms with Crippen LogP contribution in [-0.4, -0.2) is 34.0 Å². The number of rotatable bonds is 5. The number of carboxylic acids is 1. The molecule has 0 saturated carbocycles. The van der Waals surface area contributed by atoms with Gasteiger partial charge in [0.2, 0.25) is 0 Å². The Morgan fingerprint density at radius 1 is 1.43 bits per heavy atom. The second kappa shape index (κ2) is 5.53. The molecular formula is C17H22N2O2. The monoisotopic (exact) mass is 286 g/mol. The van der Waals surface area contributed by atoms with E-state index in [9.17, 15) is 4.79 Å². The van der Waals surface area contributed by atoms with E-state index in [1.165, 1.54) is 22.0 Å². The van der Waals surface area contributed by atoms with Gasteiger partial charge in [-0.1, -0.05) is 32.0 Å². The molecule has 0 spiro atoms. The number of benzene rings is 1. The number of nitrogens with one attached hydrogen (secondary N) is 1. The van der Waals surface area contributed by atoms with Gasteiger partial charge in [0.15, 0.2) is 0 Å². The normalized spacial score (nSPS) is 17.8. The first-order valence-electron chi connectivity index (χ1n) is 7.63. The zero-order valence-corrected chi connectivity index (χ0v) is 12.6. The van der Waals surface area contributed by atoms with Crippen LogP contribution in [0.4, 0.5) is 0 Å². The van der Waals surface area contributed by atoms with E-state index in [-0.39, 0.29) is 5.92 Å². The number of para-hydroxylation sites is 1. The molecule has 1 saturated heterocycles. The first kappa shape index (κ1) is 14.1. The Balaban J connectivity index is 1.69. The van der Waals surface area contributed by atoms with Gasteiger partial charge >= 0.3 is 5.97 Å². The molecule has 1 aliphatic heterocycles. The van der Waals surface area contributed by atoms with Crippen molar-refractivity contribution in [1.29, 1.82) is 0 Å². The van der Waals surface area contributed by atoms with Crippen LogP contribution in [0, 0.1) is 11.8 Å². The van der Waals surface area contributed by atoms with E-state index in [1.54, 1.807) is 0 Å². The number of H-pyrrole nitrogens is 1. The summed E-state index contributed by atoms with van der Waals surface area (Å²) in [7, 11) is 0. The van der Waals surface area contributed by atoms with Gasteiger partial charge < -0.3 is 10.1 Å². The molecule has 2 N–H and O–H groups in total. The van der Waals surface area contributed by atoms with Crippen LogP contribution in [0.2, 0.25) is 0 Å². The maximum absolute atomic E-state index is 11.0. The topological polar surface area (TPSA) is 56.3 Å². The average Bonchev–Trinajstić information content (AvgIpc) is 2.84. The van der Waals surface area contributed by atoms with Gasteiger partial charge in [0.1, 0.15) is 0 Å². The van der Waals surface area contributed by atoms with Crippen molar-refractivity contribution >= 4 is 16.9 Å². The fraction of sp³-hybridized carbons (Fsp3) is 0.471. The van der Waals surface area contributed by atoms with E-state index < -0.39 is 5.97 Å². The number of nitrogens with zero attached hydrogens (tertiary/aromatic N) is 1. The number of fused-ring (bicyclic) bond motifs is 1. The average molecular weight is 286 g/mol. The van der Waals surface area contributed by atoms with E-state index in [0.29, 0.717) is 5.92 Å². The second-order valence-corrected chi connectivity index (χ2v) is 6.09. The summed E-state index contributed by atoms with van der Waals surface area (Å²) in [6.07, 6.45) is 3.12. The summed E-state index contributed by atoms with van der Waals surface area (Å²) in [6.45, 7) is 6.64. The number of aromatic nitrogens is 1. The van der Waals surface area contributed by atoms with Gasteiger partial charge in [0.05, 0.1) is 5.92 Å². The molecule has 0 aliphatic carbocycles. The van der Waals surface area contributed by atoms with Gasteiger partial charge in [-0.2, -0.15) is 0 Å². The van der Waals surface area contributed by atoms with Crippen molar-refractivity contribution in [2.24, 2.45) is 11.8 Å². The fourth-order valence-corrected chi connectivity index (χ4v) is 3.20.